The van der Waals surface area contributed by atoms with Gasteiger partial charge in [-0.25, -0.2) is 22.5 Å². The summed E-state index contributed by atoms with van der Waals surface area (Å²) < 4.78 is 41.9. The van der Waals surface area contributed by atoms with Crippen molar-refractivity contribution in [2.45, 2.75) is 55.2 Å². The highest BCUT2D eigenvalue weighted by Crippen LogP contribution is 2.34. The number of aromatic nitrogens is 2. The highest BCUT2D eigenvalue weighted by Gasteiger charge is 2.39. The predicted octanol–water partition coefficient (Wildman–Crippen LogP) is 3.87. The van der Waals surface area contributed by atoms with E-state index in [4.69, 9.17) is 0 Å². The van der Waals surface area contributed by atoms with Crippen LogP contribution in [0.3, 0.4) is 0 Å². The Hall–Kier alpha value is -3.08. The third-order valence-electron chi connectivity index (χ3n) is 6.88. The number of nitrogens with one attached hydrogen (secondary N) is 3. The molecule has 0 saturated carbocycles. The van der Waals surface area contributed by atoms with Gasteiger partial charge in [-0.1, -0.05) is 12.1 Å². The van der Waals surface area contributed by atoms with E-state index in [-0.39, 0.29) is 16.8 Å². The summed E-state index contributed by atoms with van der Waals surface area (Å²) in [6.07, 6.45) is 5.65. The molecule has 2 aliphatic rings. The number of hydrogen-bond acceptors (Lipinski definition) is 7. The Labute approximate surface area is 205 Å². The largest absolute Gasteiger partial charge is 0.350 e. The maximum absolute atomic E-state index is 13.1. The van der Waals surface area contributed by atoms with E-state index >= 15 is 0 Å². The molecule has 0 spiro atoms. The third-order valence-corrected chi connectivity index (χ3v) is 8.41. The summed E-state index contributed by atoms with van der Waals surface area (Å²) in [4.78, 5) is 11.3. The minimum Gasteiger partial charge on any atom is -0.350 e. The maximum Gasteiger partial charge on any atom is 0.240 e. The molecule has 10 heteroatoms. The van der Waals surface area contributed by atoms with Crippen molar-refractivity contribution in [3.63, 3.8) is 0 Å². The molecule has 3 aromatic rings. The molecular weight excluding hydrogens is 467 g/mol. The molecule has 1 aromatic heterocycles. The van der Waals surface area contributed by atoms with Gasteiger partial charge in [-0.05, 0) is 80.8 Å². The second kappa shape index (κ2) is 9.88. The van der Waals surface area contributed by atoms with Crippen LogP contribution >= 0.6 is 0 Å². The second-order valence-corrected chi connectivity index (χ2v) is 10.9. The van der Waals surface area contributed by atoms with Crippen molar-refractivity contribution in [3.8, 4) is 0 Å². The summed E-state index contributed by atoms with van der Waals surface area (Å²) in [5, 5.41) is 6.25. The smallest absolute Gasteiger partial charge is 0.240 e. The Morgan fingerprint density at radius 2 is 1.69 bits per heavy atom. The Morgan fingerprint density at radius 3 is 2.37 bits per heavy atom. The number of rotatable bonds is 8. The number of nitrogens with zero attached hydrogens (tertiary/aromatic N) is 3. The Morgan fingerprint density at radius 1 is 1.00 bits per heavy atom. The van der Waals surface area contributed by atoms with Crippen LogP contribution in [0.15, 0.2) is 65.7 Å². The van der Waals surface area contributed by atoms with Crippen molar-refractivity contribution in [2.24, 2.45) is 0 Å². The Kier molecular flexibility index (Phi) is 6.68. The number of piperidine rings is 1. The SMILES string of the molecule is CN1C2CCC1CC(NS(=O)(=O)c1ccc(CNc3nccc(Nc4ccc(F)cc4)n3)cc1)C2. The van der Waals surface area contributed by atoms with E-state index in [0.717, 1.165) is 31.2 Å². The molecule has 0 aliphatic carbocycles. The van der Waals surface area contributed by atoms with Crippen LogP contribution in [-0.2, 0) is 16.6 Å². The first-order chi connectivity index (χ1) is 16.9. The molecule has 184 valence electrons. The van der Waals surface area contributed by atoms with Crippen molar-refractivity contribution < 1.29 is 12.8 Å². The lowest BCUT2D eigenvalue weighted by Gasteiger charge is -2.36. The number of anilines is 3. The number of halogens is 1. The molecule has 2 aromatic carbocycles. The summed E-state index contributed by atoms with van der Waals surface area (Å²) >= 11 is 0. The van der Waals surface area contributed by atoms with E-state index in [1.54, 1.807) is 48.7 Å². The van der Waals surface area contributed by atoms with Gasteiger partial charge < -0.3 is 15.5 Å². The first-order valence-corrected chi connectivity index (χ1v) is 13.3. The van der Waals surface area contributed by atoms with Crippen LogP contribution in [0.2, 0.25) is 0 Å². The lowest BCUT2D eigenvalue weighted by atomic mass is 9.99. The molecule has 35 heavy (non-hydrogen) atoms. The summed E-state index contributed by atoms with van der Waals surface area (Å²) in [6, 6.07) is 15.5. The van der Waals surface area contributed by atoms with Crippen LogP contribution < -0.4 is 15.4 Å². The zero-order valence-electron chi connectivity index (χ0n) is 19.5. The van der Waals surface area contributed by atoms with Gasteiger partial charge in [0.25, 0.3) is 0 Å². The summed E-state index contributed by atoms with van der Waals surface area (Å²) in [7, 11) is -1.42. The molecule has 5 rings (SSSR count). The van der Waals surface area contributed by atoms with Gasteiger partial charge in [-0.2, -0.15) is 4.98 Å². The monoisotopic (exact) mass is 496 g/mol. The Balaban J connectivity index is 1.17. The summed E-state index contributed by atoms with van der Waals surface area (Å²) in [5.74, 6) is 0.695. The fraction of sp³-hybridized carbons (Fsp3) is 0.360. The molecule has 2 unspecified atom stereocenters. The average molecular weight is 497 g/mol. The topological polar surface area (TPSA) is 99.3 Å². The molecule has 2 saturated heterocycles. The van der Waals surface area contributed by atoms with E-state index in [9.17, 15) is 12.8 Å². The van der Waals surface area contributed by atoms with Crippen molar-refractivity contribution >= 4 is 27.5 Å². The molecule has 0 radical (unpaired) electrons. The van der Waals surface area contributed by atoms with E-state index in [0.29, 0.717) is 36.1 Å². The fourth-order valence-corrected chi connectivity index (χ4v) is 6.22. The zero-order chi connectivity index (χ0) is 24.4. The lowest BCUT2D eigenvalue weighted by Crippen LogP contribution is -2.48. The molecule has 3 N–H and O–H groups in total. The van der Waals surface area contributed by atoms with E-state index < -0.39 is 10.0 Å². The quantitative estimate of drug-likeness (QED) is 0.435. The molecule has 2 aliphatic heterocycles. The minimum atomic E-state index is -3.56. The lowest BCUT2D eigenvalue weighted by molar-refractivity contribution is 0.157. The number of sulfonamides is 1. The van der Waals surface area contributed by atoms with Gasteiger partial charge in [0.1, 0.15) is 11.6 Å². The third kappa shape index (κ3) is 5.61. The molecule has 3 heterocycles. The van der Waals surface area contributed by atoms with E-state index in [1.165, 1.54) is 12.1 Å². The van der Waals surface area contributed by atoms with Gasteiger partial charge in [-0.3, -0.25) is 0 Å². The second-order valence-electron chi connectivity index (χ2n) is 9.23. The van der Waals surface area contributed by atoms with Crippen LogP contribution in [0, 0.1) is 5.82 Å². The van der Waals surface area contributed by atoms with E-state index in [2.05, 4.69) is 37.3 Å². The summed E-state index contributed by atoms with van der Waals surface area (Å²) in [6.45, 7) is 0.437. The standard InChI is InChI=1S/C25H29FN6O2S/c1-32-21-8-9-22(32)15-20(14-21)31-35(33,34)23-10-2-17(3-11-23)16-28-25-27-13-12-24(30-25)29-19-6-4-18(26)5-7-19/h2-7,10-13,20-22,31H,8-9,14-16H2,1H3,(H2,27,28,29,30). The van der Waals surface area contributed by atoms with Gasteiger partial charge in [0.05, 0.1) is 4.90 Å². The molecule has 0 amide bonds. The maximum atomic E-state index is 13.1. The first kappa shape index (κ1) is 23.7. The number of fused-ring (bicyclic) bond motifs is 2. The van der Waals surface area contributed by atoms with Gasteiger partial charge in [0, 0.05) is 36.6 Å². The highest BCUT2D eigenvalue weighted by atomic mass is 32.2. The molecule has 8 nitrogen and oxygen atoms in total. The molecule has 2 bridgehead atoms. The van der Waals surface area contributed by atoms with Gasteiger partial charge >= 0.3 is 0 Å². The number of hydrogen-bond donors (Lipinski definition) is 3. The minimum absolute atomic E-state index is 0.0111. The highest BCUT2D eigenvalue weighted by molar-refractivity contribution is 7.89. The normalized spacial score (nSPS) is 22.2. The van der Waals surface area contributed by atoms with Gasteiger partial charge in [-0.15, -0.1) is 0 Å². The zero-order valence-corrected chi connectivity index (χ0v) is 20.3. The van der Waals surface area contributed by atoms with Gasteiger partial charge in [0.15, 0.2) is 0 Å². The van der Waals surface area contributed by atoms with Crippen molar-refractivity contribution in [1.82, 2.24) is 19.6 Å². The molecule has 2 fully saturated rings. The van der Waals surface area contributed by atoms with Crippen molar-refractivity contribution in [3.05, 3.63) is 72.2 Å². The fourth-order valence-electron chi connectivity index (χ4n) is 4.96. The van der Waals surface area contributed by atoms with Crippen molar-refractivity contribution in [1.29, 1.82) is 0 Å². The molecular formula is C25H29FN6O2S. The predicted molar refractivity (Wildman–Crippen MR) is 133 cm³/mol. The van der Waals surface area contributed by atoms with Crippen LogP contribution in [-0.4, -0.2) is 48.5 Å². The number of benzene rings is 2. The first-order valence-electron chi connectivity index (χ1n) is 11.8. The van der Waals surface area contributed by atoms with Crippen LogP contribution in [0.1, 0.15) is 31.2 Å². The van der Waals surface area contributed by atoms with Crippen LogP contribution in [0.25, 0.3) is 0 Å². The Bertz CT molecular complexity index is 1260. The van der Waals surface area contributed by atoms with Crippen LogP contribution in [0.4, 0.5) is 21.8 Å². The molecule has 2 atom stereocenters. The van der Waals surface area contributed by atoms with Crippen molar-refractivity contribution in [2.75, 3.05) is 17.7 Å². The van der Waals surface area contributed by atoms with Crippen LogP contribution in [0.5, 0.6) is 0 Å². The van der Waals surface area contributed by atoms with E-state index in [1.807, 2.05) is 0 Å². The average Bonchev–Trinajstić information content (AvgIpc) is 3.04. The van der Waals surface area contributed by atoms with Gasteiger partial charge in [0.2, 0.25) is 16.0 Å². The summed E-state index contributed by atoms with van der Waals surface area (Å²) in [5.41, 5.74) is 1.62.